The number of rotatable bonds is 6. The van der Waals surface area contributed by atoms with Gasteiger partial charge in [-0.15, -0.1) is 0 Å². The summed E-state index contributed by atoms with van der Waals surface area (Å²) in [6, 6.07) is 14.6. The van der Waals surface area contributed by atoms with Gasteiger partial charge >= 0.3 is 5.97 Å². The summed E-state index contributed by atoms with van der Waals surface area (Å²) in [7, 11) is 0. The number of thiocarbonyl (C=S) groups is 1. The van der Waals surface area contributed by atoms with Crippen LogP contribution in [0.25, 0.3) is 11.3 Å². The Morgan fingerprint density at radius 2 is 2.10 bits per heavy atom. The van der Waals surface area contributed by atoms with Crippen LogP contribution in [-0.4, -0.2) is 32.6 Å². The number of furan rings is 1. The van der Waals surface area contributed by atoms with Gasteiger partial charge in [0.25, 0.3) is 0 Å². The lowest BCUT2D eigenvalue weighted by Gasteiger charge is -2.25. The maximum Gasteiger partial charge on any atom is 0.335 e. The average Bonchev–Trinajstić information content (AvgIpc) is 3.34. The van der Waals surface area contributed by atoms with Gasteiger partial charge in [0.1, 0.15) is 17.6 Å². The molecule has 1 fully saturated rings. The molecule has 7 heteroatoms. The van der Waals surface area contributed by atoms with Crippen molar-refractivity contribution in [3.8, 4) is 11.3 Å². The lowest BCUT2D eigenvalue weighted by atomic mass is 10.0. The zero-order valence-corrected chi connectivity index (χ0v) is 17.6. The van der Waals surface area contributed by atoms with Crippen molar-refractivity contribution in [2.24, 2.45) is 0 Å². The van der Waals surface area contributed by atoms with E-state index in [-0.39, 0.29) is 17.6 Å². The van der Waals surface area contributed by atoms with E-state index in [0.717, 1.165) is 35.5 Å². The summed E-state index contributed by atoms with van der Waals surface area (Å²) < 4.78 is 6.29. The minimum Gasteiger partial charge on any atom is -0.478 e. The first-order chi connectivity index (χ1) is 14.5. The van der Waals surface area contributed by atoms with Crippen LogP contribution in [0.5, 0.6) is 0 Å². The van der Waals surface area contributed by atoms with Crippen molar-refractivity contribution in [2.75, 3.05) is 6.54 Å². The molecule has 2 aromatic heterocycles. The predicted octanol–water partition coefficient (Wildman–Crippen LogP) is 4.73. The average molecular weight is 422 g/mol. The lowest BCUT2D eigenvalue weighted by molar-refractivity contribution is 0.0697. The Bertz CT molecular complexity index is 1080. The number of nitrogens with zero attached hydrogens (tertiary/aromatic N) is 2. The third kappa shape index (κ3) is 3.68. The first kappa shape index (κ1) is 20.1. The molecule has 30 heavy (non-hydrogen) atoms. The largest absolute Gasteiger partial charge is 0.478 e. The molecule has 0 saturated carbocycles. The third-order valence-corrected chi connectivity index (χ3v) is 5.67. The summed E-state index contributed by atoms with van der Waals surface area (Å²) in [5, 5.41) is 13.3. The number of carbonyl (C=O) groups is 1. The van der Waals surface area contributed by atoms with Crippen molar-refractivity contribution in [3.63, 3.8) is 0 Å². The summed E-state index contributed by atoms with van der Waals surface area (Å²) in [5.41, 5.74) is 2.89. The highest BCUT2D eigenvalue weighted by molar-refractivity contribution is 7.80. The highest BCUT2D eigenvalue weighted by Crippen LogP contribution is 2.40. The number of hydrogen-bond donors (Lipinski definition) is 2. The van der Waals surface area contributed by atoms with Crippen LogP contribution >= 0.6 is 12.2 Å². The normalized spacial score (nSPS) is 18.5. The van der Waals surface area contributed by atoms with E-state index in [2.05, 4.69) is 22.1 Å². The minimum absolute atomic E-state index is 0.111. The van der Waals surface area contributed by atoms with Crippen molar-refractivity contribution < 1.29 is 14.3 Å². The Morgan fingerprint density at radius 3 is 2.77 bits per heavy atom. The maximum absolute atomic E-state index is 11.2. The van der Waals surface area contributed by atoms with Gasteiger partial charge in [-0.1, -0.05) is 19.1 Å². The van der Waals surface area contributed by atoms with Crippen LogP contribution in [0, 0.1) is 6.92 Å². The highest BCUT2D eigenvalue weighted by atomic mass is 32.1. The van der Waals surface area contributed by atoms with Crippen molar-refractivity contribution in [3.05, 3.63) is 77.3 Å². The molecule has 3 heterocycles. The number of benzene rings is 1. The molecule has 0 spiro atoms. The SMILES string of the molecule is CCCN1C(=S)NC(c2ccccn2)C1c1ccc(-c2ccc(C(=O)O)cc2C)o1. The van der Waals surface area contributed by atoms with Crippen LogP contribution in [0.3, 0.4) is 0 Å². The summed E-state index contributed by atoms with van der Waals surface area (Å²) in [4.78, 5) is 17.9. The number of aromatic nitrogens is 1. The zero-order valence-electron chi connectivity index (χ0n) is 16.8. The maximum atomic E-state index is 11.2. The zero-order chi connectivity index (χ0) is 21.3. The Kier molecular flexibility index (Phi) is 5.55. The van der Waals surface area contributed by atoms with Gasteiger partial charge in [0.15, 0.2) is 5.11 Å². The van der Waals surface area contributed by atoms with Gasteiger partial charge in [-0.25, -0.2) is 4.79 Å². The van der Waals surface area contributed by atoms with Crippen LogP contribution < -0.4 is 5.32 Å². The standard InChI is InChI=1S/C23H23N3O3S/c1-3-12-26-21(20(25-23(26)30)17-6-4-5-11-24-17)19-10-9-18(29-19)16-8-7-15(22(27)28)13-14(16)2/h4-11,13,20-21H,3,12H2,1-2H3,(H,25,30)(H,27,28). The fourth-order valence-electron chi connectivity index (χ4n) is 3.93. The lowest BCUT2D eigenvalue weighted by Crippen LogP contribution is -2.30. The van der Waals surface area contributed by atoms with Crippen LogP contribution in [0.4, 0.5) is 0 Å². The minimum atomic E-state index is -0.941. The molecule has 2 N–H and O–H groups in total. The molecule has 3 aromatic rings. The molecule has 1 aliphatic heterocycles. The van der Waals surface area contributed by atoms with E-state index in [9.17, 15) is 9.90 Å². The first-order valence-corrected chi connectivity index (χ1v) is 10.3. The van der Waals surface area contributed by atoms with Gasteiger partial charge in [-0.3, -0.25) is 4.98 Å². The van der Waals surface area contributed by atoms with E-state index < -0.39 is 5.97 Å². The Morgan fingerprint density at radius 1 is 1.27 bits per heavy atom. The fourth-order valence-corrected chi connectivity index (χ4v) is 4.26. The highest BCUT2D eigenvalue weighted by Gasteiger charge is 2.41. The smallest absolute Gasteiger partial charge is 0.335 e. The molecule has 0 aliphatic carbocycles. The molecule has 2 atom stereocenters. The molecule has 0 amide bonds. The summed E-state index contributed by atoms with van der Waals surface area (Å²) >= 11 is 5.61. The first-order valence-electron chi connectivity index (χ1n) is 9.91. The second-order valence-corrected chi connectivity index (χ2v) is 7.74. The summed E-state index contributed by atoms with van der Waals surface area (Å²) in [5.74, 6) is 0.556. The molecular weight excluding hydrogens is 398 g/mol. The predicted molar refractivity (Wildman–Crippen MR) is 118 cm³/mol. The van der Waals surface area contributed by atoms with Gasteiger partial charge in [0.2, 0.25) is 0 Å². The van der Waals surface area contributed by atoms with Gasteiger partial charge in [-0.05, 0) is 67.5 Å². The van der Waals surface area contributed by atoms with E-state index in [4.69, 9.17) is 16.6 Å². The van der Waals surface area contributed by atoms with Crippen LogP contribution in [0.15, 0.2) is 59.1 Å². The summed E-state index contributed by atoms with van der Waals surface area (Å²) in [6.45, 7) is 4.81. The number of aryl methyl sites for hydroxylation is 1. The number of carboxylic acid groups (broad SMARTS) is 1. The van der Waals surface area contributed by atoms with Crippen LogP contribution in [-0.2, 0) is 0 Å². The monoisotopic (exact) mass is 421 g/mol. The van der Waals surface area contributed by atoms with Crippen LogP contribution in [0.2, 0.25) is 0 Å². The second-order valence-electron chi connectivity index (χ2n) is 7.36. The van der Waals surface area contributed by atoms with Crippen molar-refractivity contribution in [1.82, 2.24) is 15.2 Å². The van der Waals surface area contributed by atoms with Crippen LogP contribution in [0.1, 0.15) is 52.8 Å². The molecule has 4 rings (SSSR count). The number of aromatic carboxylic acids is 1. The molecule has 1 saturated heterocycles. The number of nitrogens with one attached hydrogen (secondary N) is 1. The van der Waals surface area contributed by atoms with Gasteiger partial charge < -0.3 is 19.7 Å². The molecule has 0 bridgehead atoms. The summed E-state index contributed by atoms with van der Waals surface area (Å²) in [6.07, 6.45) is 2.73. The number of hydrogen-bond acceptors (Lipinski definition) is 4. The van der Waals surface area contributed by atoms with Gasteiger partial charge in [0.05, 0.1) is 17.3 Å². The number of carboxylic acids is 1. The number of pyridine rings is 1. The van der Waals surface area contributed by atoms with Gasteiger partial charge in [0, 0.05) is 18.3 Å². The molecule has 1 aliphatic rings. The molecule has 6 nitrogen and oxygen atoms in total. The molecule has 154 valence electrons. The van der Waals surface area contributed by atoms with E-state index >= 15 is 0 Å². The quantitative estimate of drug-likeness (QED) is 0.557. The Hall–Kier alpha value is -3.19. The van der Waals surface area contributed by atoms with E-state index in [0.29, 0.717) is 10.9 Å². The van der Waals surface area contributed by atoms with Gasteiger partial charge in [-0.2, -0.15) is 0 Å². The molecule has 0 radical (unpaired) electrons. The Balaban J connectivity index is 1.72. The van der Waals surface area contributed by atoms with E-state index in [1.54, 1.807) is 24.4 Å². The molecular formula is C23H23N3O3S. The third-order valence-electron chi connectivity index (χ3n) is 5.32. The second kappa shape index (κ2) is 8.28. The topological polar surface area (TPSA) is 78.6 Å². The van der Waals surface area contributed by atoms with E-state index in [1.165, 1.54) is 0 Å². The Labute approximate surface area is 180 Å². The molecule has 2 unspecified atom stereocenters. The van der Waals surface area contributed by atoms with Crippen molar-refractivity contribution >= 4 is 23.3 Å². The van der Waals surface area contributed by atoms with Crippen molar-refractivity contribution in [1.29, 1.82) is 0 Å². The fraction of sp³-hybridized carbons (Fsp3) is 0.261. The van der Waals surface area contributed by atoms with Crippen molar-refractivity contribution in [2.45, 2.75) is 32.4 Å². The molecule has 1 aromatic carbocycles. The van der Waals surface area contributed by atoms with E-state index in [1.807, 2.05) is 37.3 Å².